The van der Waals surface area contributed by atoms with Crippen molar-refractivity contribution in [2.45, 2.75) is 20.0 Å². The molecule has 34 heavy (non-hydrogen) atoms. The van der Waals surface area contributed by atoms with Crippen molar-refractivity contribution >= 4 is 17.6 Å². The second kappa shape index (κ2) is 12.3. The van der Waals surface area contributed by atoms with Crippen molar-refractivity contribution < 1.29 is 14.3 Å². The molecule has 0 radical (unpaired) electrons. The summed E-state index contributed by atoms with van der Waals surface area (Å²) in [5.41, 5.74) is 2.59. The van der Waals surface area contributed by atoms with Crippen LogP contribution in [-0.2, 0) is 24.9 Å². The summed E-state index contributed by atoms with van der Waals surface area (Å²) >= 11 is 0. The van der Waals surface area contributed by atoms with Crippen LogP contribution in [0.4, 0.5) is 10.5 Å². The molecule has 1 aromatic heterocycles. The summed E-state index contributed by atoms with van der Waals surface area (Å²) < 4.78 is 7.59. The Morgan fingerprint density at radius 2 is 1.74 bits per heavy atom. The largest absolute Gasteiger partial charge is 0.492 e. The molecular weight excluding hydrogens is 428 g/mol. The molecule has 3 aromatic rings. The van der Waals surface area contributed by atoms with E-state index in [4.69, 9.17) is 4.74 Å². The van der Waals surface area contributed by atoms with E-state index < -0.39 is 0 Å². The number of carbonyl (C=O) groups excluding carboxylic acids is 2. The average Bonchev–Trinajstić information content (AvgIpc) is 3.24. The van der Waals surface area contributed by atoms with Gasteiger partial charge >= 0.3 is 6.03 Å². The molecule has 3 amide bonds. The number of carbonyl (C=O) groups is 2. The van der Waals surface area contributed by atoms with Crippen molar-refractivity contribution in [1.82, 2.24) is 14.4 Å². The van der Waals surface area contributed by atoms with Crippen molar-refractivity contribution in [1.29, 1.82) is 0 Å². The summed E-state index contributed by atoms with van der Waals surface area (Å²) in [6.45, 7) is 7.16. The van der Waals surface area contributed by atoms with Gasteiger partial charge in [-0.1, -0.05) is 48.5 Å². The van der Waals surface area contributed by atoms with E-state index in [0.717, 1.165) is 11.3 Å². The molecule has 0 aliphatic carbocycles. The van der Waals surface area contributed by atoms with Gasteiger partial charge in [-0.2, -0.15) is 0 Å². The monoisotopic (exact) mass is 460 g/mol. The molecule has 0 aliphatic heterocycles. The second-order valence-corrected chi connectivity index (χ2v) is 7.87. The first-order chi connectivity index (χ1) is 16.5. The third-order valence-electron chi connectivity index (χ3n) is 5.36. The molecule has 1 heterocycles. The minimum atomic E-state index is -0.390. The first kappa shape index (κ1) is 24.6. The molecule has 0 unspecified atom stereocenters. The molecular formula is C27H32N4O3. The van der Waals surface area contributed by atoms with Gasteiger partial charge < -0.3 is 24.4 Å². The highest BCUT2D eigenvalue weighted by molar-refractivity contribution is 5.93. The number of para-hydroxylation sites is 2. The van der Waals surface area contributed by atoms with Crippen LogP contribution in [0.3, 0.4) is 0 Å². The maximum Gasteiger partial charge on any atom is 0.322 e. The Morgan fingerprint density at radius 3 is 2.41 bits per heavy atom. The van der Waals surface area contributed by atoms with Crippen LogP contribution in [0.1, 0.15) is 18.2 Å². The predicted octanol–water partition coefficient (Wildman–Crippen LogP) is 4.67. The number of rotatable bonds is 11. The Balaban J connectivity index is 1.76. The number of hydrogen-bond acceptors (Lipinski definition) is 3. The van der Waals surface area contributed by atoms with Gasteiger partial charge in [0.25, 0.3) is 0 Å². The average molecular weight is 461 g/mol. The van der Waals surface area contributed by atoms with E-state index in [1.54, 1.807) is 23.1 Å². The second-order valence-electron chi connectivity index (χ2n) is 7.87. The van der Waals surface area contributed by atoms with Crippen LogP contribution < -0.4 is 10.1 Å². The molecule has 0 fully saturated rings. The van der Waals surface area contributed by atoms with Gasteiger partial charge in [-0.25, -0.2) is 4.79 Å². The van der Waals surface area contributed by atoms with Crippen molar-refractivity contribution in [2.24, 2.45) is 7.05 Å². The molecule has 0 aliphatic rings. The number of aromatic nitrogens is 1. The van der Waals surface area contributed by atoms with E-state index >= 15 is 0 Å². The van der Waals surface area contributed by atoms with Crippen LogP contribution in [0.15, 0.2) is 85.6 Å². The van der Waals surface area contributed by atoms with Crippen molar-refractivity contribution in [3.63, 3.8) is 0 Å². The summed E-state index contributed by atoms with van der Waals surface area (Å²) in [4.78, 5) is 29.7. The zero-order valence-electron chi connectivity index (χ0n) is 19.8. The Labute approximate surface area is 201 Å². The minimum Gasteiger partial charge on any atom is -0.492 e. The van der Waals surface area contributed by atoms with Gasteiger partial charge in [-0.05, 0) is 36.8 Å². The highest BCUT2D eigenvalue weighted by Crippen LogP contribution is 2.24. The summed E-state index contributed by atoms with van der Waals surface area (Å²) in [5.74, 6) is 0.429. The van der Waals surface area contributed by atoms with Crippen LogP contribution in [-0.4, -0.2) is 46.0 Å². The summed E-state index contributed by atoms with van der Waals surface area (Å²) in [6, 6.07) is 20.6. The smallest absolute Gasteiger partial charge is 0.322 e. The van der Waals surface area contributed by atoms with Gasteiger partial charge in [0.15, 0.2) is 0 Å². The Hall–Kier alpha value is -4.00. The molecule has 0 saturated heterocycles. The lowest BCUT2D eigenvalue weighted by atomic mass is 10.2. The third kappa shape index (κ3) is 6.75. The van der Waals surface area contributed by atoms with Crippen LogP contribution >= 0.6 is 0 Å². The number of anilines is 1. The first-order valence-corrected chi connectivity index (χ1v) is 11.3. The SMILES string of the molecule is C=CCN(CC(=O)N(Cc1ccccc1)Cc1cccn1C)C(=O)Nc1ccccc1OCC. The summed E-state index contributed by atoms with van der Waals surface area (Å²) in [5, 5.41) is 2.87. The molecule has 2 aromatic carbocycles. The fraction of sp³-hybridized carbons (Fsp3) is 0.259. The number of ether oxygens (including phenoxy) is 1. The molecule has 178 valence electrons. The van der Waals surface area contributed by atoms with Gasteiger partial charge in [0.1, 0.15) is 12.3 Å². The lowest BCUT2D eigenvalue weighted by molar-refractivity contribution is -0.133. The predicted molar refractivity (Wildman–Crippen MR) is 135 cm³/mol. The summed E-state index contributed by atoms with van der Waals surface area (Å²) in [7, 11) is 1.95. The molecule has 0 spiro atoms. The molecule has 0 saturated carbocycles. The molecule has 0 atom stereocenters. The zero-order chi connectivity index (χ0) is 24.3. The minimum absolute atomic E-state index is 0.0775. The maximum absolute atomic E-state index is 13.4. The number of nitrogens with one attached hydrogen (secondary N) is 1. The summed E-state index contributed by atoms with van der Waals surface area (Å²) in [6.07, 6.45) is 3.56. The van der Waals surface area contributed by atoms with Crippen LogP contribution in [0.5, 0.6) is 5.75 Å². The molecule has 3 rings (SSSR count). The van der Waals surface area contributed by atoms with E-state index in [2.05, 4.69) is 11.9 Å². The zero-order valence-corrected chi connectivity index (χ0v) is 19.8. The van der Waals surface area contributed by atoms with Crippen molar-refractivity contribution in [2.75, 3.05) is 25.0 Å². The molecule has 7 nitrogen and oxygen atoms in total. The van der Waals surface area contributed by atoms with Crippen LogP contribution in [0.2, 0.25) is 0 Å². The van der Waals surface area contributed by atoms with Gasteiger partial charge in [0.05, 0.1) is 18.8 Å². The topological polar surface area (TPSA) is 66.8 Å². The van der Waals surface area contributed by atoms with Gasteiger partial charge in [-0.15, -0.1) is 6.58 Å². The van der Waals surface area contributed by atoms with Gasteiger partial charge in [0.2, 0.25) is 5.91 Å². The normalized spacial score (nSPS) is 10.4. The fourth-order valence-corrected chi connectivity index (χ4v) is 3.58. The first-order valence-electron chi connectivity index (χ1n) is 11.3. The number of aryl methyl sites for hydroxylation is 1. The molecule has 0 bridgehead atoms. The fourth-order valence-electron chi connectivity index (χ4n) is 3.58. The quantitative estimate of drug-likeness (QED) is 0.423. The van der Waals surface area contributed by atoms with Gasteiger partial charge in [0, 0.05) is 32.0 Å². The van der Waals surface area contributed by atoms with Crippen molar-refractivity contribution in [3.05, 3.63) is 96.8 Å². The van der Waals surface area contributed by atoms with E-state index in [-0.39, 0.29) is 25.0 Å². The van der Waals surface area contributed by atoms with E-state index in [1.165, 1.54) is 4.90 Å². The molecule has 7 heteroatoms. The highest BCUT2D eigenvalue weighted by Gasteiger charge is 2.22. The highest BCUT2D eigenvalue weighted by atomic mass is 16.5. The van der Waals surface area contributed by atoms with Crippen LogP contribution in [0, 0.1) is 0 Å². The van der Waals surface area contributed by atoms with E-state index in [0.29, 0.717) is 31.1 Å². The Kier molecular flexibility index (Phi) is 8.91. The van der Waals surface area contributed by atoms with Crippen molar-refractivity contribution in [3.8, 4) is 5.75 Å². The van der Waals surface area contributed by atoms with Gasteiger partial charge in [-0.3, -0.25) is 4.79 Å². The Bertz CT molecular complexity index is 1090. The number of benzene rings is 2. The van der Waals surface area contributed by atoms with E-state index in [9.17, 15) is 9.59 Å². The Morgan fingerprint density at radius 1 is 1.00 bits per heavy atom. The number of hydrogen-bond donors (Lipinski definition) is 1. The number of urea groups is 1. The number of nitrogens with zero attached hydrogens (tertiary/aromatic N) is 3. The maximum atomic E-state index is 13.4. The third-order valence-corrected chi connectivity index (χ3v) is 5.36. The lowest BCUT2D eigenvalue weighted by Gasteiger charge is -2.28. The number of amides is 3. The lowest BCUT2D eigenvalue weighted by Crippen LogP contribution is -2.44. The standard InChI is InChI=1S/C27H32N4O3/c1-4-17-30(27(33)28-24-15-9-10-16-25(24)34-5-2)21-26(32)31(19-22-12-7-6-8-13-22)20-23-14-11-18-29(23)3/h4,6-16,18H,1,5,17,19-21H2,2-3H3,(H,28,33). The van der Waals surface area contributed by atoms with E-state index in [1.807, 2.05) is 79.3 Å². The van der Waals surface area contributed by atoms with Crippen LogP contribution in [0.25, 0.3) is 0 Å². The molecule has 1 N–H and O–H groups in total.